The molecule has 1 fully saturated rings. The summed E-state index contributed by atoms with van der Waals surface area (Å²) < 4.78 is 0. The summed E-state index contributed by atoms with van der Waals surface area (Å²) in [5, 5.41) is 0. The molecule has 3 N–H and O–H groups in total. The Labute approximate surface area is 119 Å². The third-order valence-corrected chi connectivity index (χ3v) is 4.29. The Morgan fingerprint density at radius 2 is 2.20 bits per heavy atom. The summed E-state index contributed by atoms with van der Waals surface area (Å²) in [5.41, 5.74) is 8.60. The lowest BCUT2D eigenvalue weighted by Crippen LogP contribution is -2.37. The highest BCUT2D eigenvalue weighted by Crippen LogP contribution is 2.24. The number of nitrogens with one attached hydrogen (secondary N) is 1. The van der Waals surface area contributed by atoms with Gasteiger partial charge in [-0.05, 0) is 37.7 Å². The molecule has 2 heterocycles. The fraction of sp³-hybridized carbons (Fsp3) is 0.533. The Morgan fingerprint density at radius 1 is 1.40 bits per heavy atom. The van der Waals surface area contributed by atoms with E-state index in [0.717, 1.165) is 48.8 Å². The number of imidazole rings is 1. The van der Waals surface area contributed by atoms with Crippen LogP contribution in [0.15, 0.2) is 18.2 Å². The number of benzene rings is 1. The smallest absolute Gasteiger partial charge is 0.203 e. The van der Waals surface area contributed by atoms with Gasteiger partial charge in [0.25, 0.3) is 0 Å². The predicted molar refractivity (Wildman–Crippen MR) is 84.0 cm³/mol. The molecule has 0 aliphatic carbocycles. The Balaban J connectivity index is 1.79. The van der Waals surface area contributed by atoms with E-state index in [-0.39, 0.29) is 0 Å². The highest BCUT2D eigenvalue weighted by Gasteiger charge is 2.27. The van der Waals surface area contributed by atoms with E-state index in [1.807, 2.05) is 18.2 Å². The number of nitrogens with zero attached hydrogens (tertiary/aromatic N) is 3. The largest absolute Gasteiger partial charge is 0.399 e. The lowest BCUT2D eigenvalue weighted by atomic mass is 10.2. The van der Waals surface area contributed by atoms with E-state index in [2.05, 4.69) is 33.6 Å². The Bertz CT molecular complexity index is 587. The van der Waals surface area contributed by atoms with Crippen LogP contribution in [0, 0.1) is 0 Å². The molecule has 0 bridgehead atoms. The summed E-state index contributed by atoms with van der Waals surface area (Å²) >= 11 is 0. The first kappa shape index (κ1) is 13.2. The summed E-state index contributed by atoms with van der Waals surface area (Å²) in [4.78, 5) is 12.9. The van der Waals surface area contributed by atoms with Crippen LogP contribution in [-0.4, -0.2) is 47.1 Å². The minimum atomic E-state index is 0.642. The first-order chi connectivity index (χ1) is 9.71. The average Bonchev–Trinajstić information content (AvgIpc) is 3.06. The number of aromatic nitrogens is 2. The van der Waals surface area contributed by atoms with Crippen LogP contribution < -0.4 is 10.6 Å². The summed E-state index contributed by atoms with van der Waals surface area (Å²) in [6.07, 6.45) is 1.21. The second-order valence-electron chi connectivity index (χ2n) is 5.45. The van der Waals surface area contributed by atoms with Crippen molar-refractivity contribution in [2.75, 3.05) is 36.8 Å². The Hall–Kier alpha value is -1.75. The van der Waals surface area contributed by atoms with Gasteiger partial charge in [-0.3, -0.25) is 4.90 Å². The fourth-order valence-electron chi connectivity index (χ4n) is 3.14. The van der Waals surface area contributed by atoms with Gasteiger partial charge < -0.3 is 15.6 Å². The first-order valence-corrected chi connectivity index (χ1v) is 7.45. The molecule has 1 atom stereocenters. The molecule has 5 heteroatoms. The predicted octanol–water partition coefficient (Wildman–Crippen LogP) is 2.07. The lowest BCUT2D eigenvalue weighted by molar-refractivity contribution is 0.232. The van der Waals surface area contributed by atoms with Crippen molar-refractivity contribution in [3.63, 3.8) is 0 Å². The number of aromatic amines is 1. The zero-order valence-electron chi connectivity index (χ0n) is 12.3. The van der Waals surface area contributed by atoms with Gasteiger partial charge in [-0.15, -0.1) is 0 Å². The molecule has 5 nitrogen and oxygen atoms in total. The van der Waals surface area contributed by atoms with Crippen LogP contribution in [0.5, 0.6) is 0 Å². The number of H-pyrrole nitrogens is 1. The maximum absolute atomic E-state index is 5.82. The van der Waals surface area contributed by atoms with Crippen molar-refractivity contribution in [1.29, 1.82) is 0 Å². The van der Waals surface area contributed by atoms with Gasteiger partial charge in [0.1, 0.15) is 0 Å². The van der Waals surface area contributed by atoms with Gasteiger partial charge in [-0.25, -0.2) is 4.98 Å². The average molecular weight is 273 g/mol. The molecule has 0 radical (unpaired) electrons. The minimum absolute atomic E-state index is 0.642. The Morgan fingerprint density at radius 3 is 2.95 bits per heavy atom. The van der Waals surface area contributed by atoms with Crippen molar-refractivity contribution in [2.45, 2.75) is 26.3 Å². The number of hydrogen-bond acceptors (Lipinski definition) is 4. The molecular formula is C15H23N5. The Kier molecular flexibility index (Phi) is 3.53. The van der Waals surface area contributed by atoms with Crippen LogP contribution in [0.25, 0.3) is 11.0 Å². The van der Waals surface area contributed by atoms with E-state index in [1.165, 1.54) is 6.42 Å². The highest BCUT2D eigenvalue weighted by atomic mass is 15.3. The molecule has 1 saturated heterocycles. The van der Waals surface area contributed by atoms with Gasteiger partial charge in [-0.1, -0.05) is 13.8 Å². The van der Waals surface area contributed by atoms with E-state index in [9.17, 15) is 0 Å². The number of nitrogens with two attached hydrogens (primary N) is 1. The van der Waals surface area contributed by atoms with Crippen LogP contribution in [0.1, 0.15) is 20.3 Å². The quantitative estimate of drug-likeness (QED) is 0.837. The molecule has 0 spiro atoms. The minimum Gasteiger partial charge on any atom is -0.399 e. The van der Waals surface area contributed by atoms with Gasteiger partial charge in [0.15, 0.2) is 0 Å². The molecule has 0 saturated carbocycles. The van der Waals surface area contributed by atoms with E-state index in [4.69, 9.17) is 5.73 Å². The molecular weight excluding hydrogens is 250 g/mol. The molecule has 1 aliphatic rings. The summed E-state index contributed by atoms with van der Waals surface area (Å²) in [5.74, 6) is 0.972. The summed E-state index contributed by atoms with van der Waals surface area (Å²) in [6, 6.07) is 6.46. The molecule has 3 rings (SSSR count). The SMILES string of the molecule is CCN(CC)C1CCN(c2nc3ccc(N)cc3[nH]2)C1. The van der Waals surface area contributed by atoms with Gasteiger partial charge in [0.2, 0.25) is 5.95 Å². The molecule has 1 aliphatic heterocycles. The van der Waals surface area contributed by atoms with E-state index >= 15 is 0 Å². The van der Waals surface area contributed by atoms with Crippen LogP contribution >= 0.6 is 0 Å². The molecule has 2 aromatic rings. The second-order valence-corrected chi connectivity index (χ2v) is 5.45. The first-order valence-electron chi connectivity index (χ1n) is 7.45. The standard InChI is InChI=1S/C15H23N5/c1-3-19(4-2)12-7-8-20(10-12)15-17-13-6-5-11(16)9-14(13)18-15/h5-6,9,12H,3-4,7-8,10,16H2,1-2H3,(H,17,18). The molecule has 1 aromatic carbocycles. The normalized spacial score (nSPS) is 19.4. The number of fused-ring (bicyclic) bond motifs is 1. The second kappa shape index (κ2) is 5.32. The number of hydrogen-bond donors (Lipinski definition) is 2. The third-order valence-electron chi connectivity index (χ3n) is 4.29. The summed E-state index contributed by atoms with van der Waals surface area (Å²) in [7, 11) is 0. The van der Waals surface area contributed by atoms with Crippen LogP contribution in [0.3, 0.4) is 0 Å². The molecule has 0 amide bonds. The van der Waals surface area contributed by atoms with Gasteiger partial charge >= 0.3 is 0 Å². The number of rotatable bonds is 4. The van der Waals surface area contributed by atoms with Crippen molar-refractivity contribution in [3.8, 4) is 0 Å². The number of likely N-dealkylation sites (N-methyl/N-ethyl adjacent to an activating group) is 1. The van der Waals surface area contributed by atoms with Crippen molar-refractivity contribution < 1.29 is 0 Å². The van der Waals surface area contributed by atoms with Gasteiger partial charge in [0.05, 0.1) is 11.0 Å². The molecule has 20 heavy (non-hydrogen) atoms. The van der Waals surface area contributed by atoms with Crippen LogP contribution in [-0.2, 0) is 0 Å². The zero-order valence-corrected chi connectivity index (χ0v) is 12.3. The fourth-order valence-corrected chi connectivity index (χ4v) is 3.14. The lowest BCUT2D eigenvalue weighted by Gasteiger charge is -2.25. The van der Waals surface area contributed by atoms with E-state index in [0.29, 0.717) is 6.04 Å². The van der Waals surface area contributed by atoms with Crippen molar-refractivity contribution in [2.24, 2.45) is 0 Å². The zero-order chi connectivity index (χ0) is 14.1. The van der Waals surface area contributed by atoms with Crippen LogP contribution in [0.4, 0.5) is 11.6 Å². The maximum Gasteiger partial charge on any atom is 0.203 e. The third kappa shape index (κ3) is 2.33. The van der Waals surface area contributed by atoms with Crippen LogP contribution in [0.2, 0.25) is 0 Å². The van der Waals surface area contributed by atoms with Gasteiger partial charge in [0, 0.05) is 24.8 Å². The molecule has 1 aromatic heterocycles. The monoisotopic (exact) mass is 273 g/mol. The van der Waals surface area contributed by atoms with E-state index in [1.54, 1.807) is 0 Å². The topological polar surface area (TPSA) is 61.2 Å². The molecule has 108 valence electrons. The highest BCUT2D eigenvalue weighted by molar-refractivity contribution is 5.80. The van der Waals surface area contributed by atoms with E-state index < -0.39 is 0 Å². The number of nitrogen functional groups attached to an aromatic ring is 1. The van der Waals surface area contributed by atoms with Crippen molar-refractivity contribution in [1.82, 2.24) is 14.9 Å². The molecule has 1 unspecified atom stereocenters. The summed E-state index contributed by atoms with van der Waals surface area (Å²) in [6.45, 7) is 8.82. The van der Waals surface area contributed by atoms with Crippen molar-refractivity contribution >= 4 is 22.7 Å². The number of anilines is 2. The van der Waals surface area contributed by atoms with Crippen molar-refractivity contribution in [3.05, 3.63) is 18.2 Å². The maximum atomic E-state index is 5.82. The van der Waals surface area contributed by atoms with Gasteiger partial charge in [-0.2, -0.15) is 0 Å².